The second kappa shape index (κ2) is 7.58. The van der Waals surface area contributed by atoms with Gasteiger partial charge >= 0.3 is 0 Å². The summed E-state index contributed by atoms with van der Waals surface area (Å²) in [5.74, 6) is -0.233. The molecule has 1 heterocycles. The first-order valence-corrected chi connectivity index (χ1v) is 7.34. The van der Waals surface area contributed by atoms with E-state index in [0.29, 0.717) is 12.5 Å². The van der Waals surface area contributed by atoms with Crippen LogP contribution in [0.5, 0.6) is 5.75 Å². The van der Waals surface area contributed by atoms with E-state index >= 15 is 0 Å². The summed E-state index contributed by atoms with van der Waals surface area (Å²) in [6.45, 7) is 4.64. The lowest BCUT2D eigenvalue weighted by Gasteiger charge is -2.09. The number of amides is 1. The van der Waals surface area contributed by atoms with Crippen molar-refractivity contribution in [2.75, 3.05) is 6.54 Å². The summed E-state index contributed by atoms with van der Waals surface area (Å²) in [6, 6.07) is 7.01. The van der Waals surface area contributed by atoms with E-state index in [4.69, 9.17) is 4.74 Å². The van der Waals surface area contributed by atoms with Crippen molar-refractivity contribution >= 4 is 5.91 Å². The molecule has 0 aliphatic carbocycles. The van der Waals surface area contributed by atoms with Gasteiger partial charge in [0.05, 0.1) is 0 Å². The van der Waals surface area contributed by atoms with E-state index in [9.17, 15) is 14.0 Å². The van der Waals surface area contributed by atoms with Crippen LogP contribution in [0.15, 0.2) is 41.3 Å². The van der Waals surface area contributed by atoms with Crippen molar-refractivity contribution in [1.82, 2.24) is 10.3 Å². The zero-order valence-corrected chi connectivity index (χ0v) is 13.1. The van der Waals surface area contributed by atoms with Gasteiger partial charge in [0.2, 0.25) is 5.43 Å². The second-order valence-corrected chi connectivity index (χ2v) is 5.59. The molecule has 0 unspecified atom stereocenters. The van der Waals surface area contributed by atoms with E-state index in [1.165, 1.54) is 24.4 Å². The quantitative estimate of drug-likeness (QED) is 0.859. The molecule has 2 N–H and O–H groups in total. The van der Waals surface area contributed by atoms with Gasteiger partial charge in [0, 0.05) is 18.8 Å². The summed E-state index contributed by atoms with van der Waals surface area (Å²) in [5, 5.41) is 2.72. The van der Waals surface area contributed by atoms with Crippen LogP contribution in [0.1, 0.15) is 29.9 Å². The number of hydrogen-bond acceptors (Lipinski definition) is 3. The number of carbonyl (C=O) groups is 1. The van der Waals surface area contributed by atoms with Gasteiger partial charge < -0.3 is 15.0 Å². The summed E-state index contributed by atoms with van der Waals surface area (Å²) < 4.78 is 18.2. The van der Waals surface area contributed by atoms with E-state index in [2.05, 4.69) is 10.3 Å². The van der Waals surface area contributed by atoms with Crippen molar-refractivity contribution < 1.29 is 13.9 Å². The van der Waals surface area contributed by atoms with Crippen LogP contribution in [0.4, 0.5) is 4.39 Å². The molecule has 1 amide bonds. The fourth-order valence-electron chi connectivity index (χ4n) is 1.84. The van der Waals surface area contributed by atoms with Gasteiger partial charge in [-0.15, -0.1) is 0 Å². The summed E-state index contributed by atoms with van der Waals surface area (Å²) in [6.07, 6.45) is 1.36. The normalized spacial score (nSPS) is 10.6. The number of aromatic amines is 1. The Kier molecular flexibility index (Phi) is 5.51. The van der Waals surface area contributed by atoms with Crippen molar-refractivity contribution in [2.45, 2.75) is 20.5 Å². The molecule has 0 atom stereocenters. The first kappa shape index (κ1) is 16.7. The van der Waals surface area contributed by atoms with Crippen molar-refractivity contribution in [3.63, 3.8) is 0 Å². The highest BCUT2D eigenvalue weighted by Crippen LogP contribution is 2.08. The Morgan fingerprint density at radius 1 is 1.30 bits per heavy atom. The van der Waals surface area contributed by atoms with E-state index in [-0.39, 0.29) is 35.2 Å². The molecule has 6 heteroatoms. The van der Waals surface area contributed by atoms with Gasteiger partial charge in [-0.3, -0.25) is 9.59 Å². The second-order valence-electron chi connectivity index (χ2n) is 5.59. The Bertz CT molecular complexity index is 723. The number of benzene rings is 1. The molecule has 0 spiro atoms. The highest BCUT2D eigenvalue weighted by atomic mass is 19.1. The molecule has 0 saturated carbocycles. The van der Waals surface area contributed by atoms with Crippen molar-refractivity contribution in [3.05, 3.63) is 63.8 Å². The van der Waals surface area contributed by atoms with Crippen LogP contribution in [0.3, 0.4) is 0 Å². The third-order valence-corrected chi connectivity index (χ3v) is 3.10. The lowest BCUT2D eigenvalue weighted by atomic mass is 10.2. The van der Waals surface area contributed by atoms with Gasteiger partial charge in [-0.2, -0.15) is 0 Å². The molecule has 1 aromatic heterocycles. The van der Waals surface area contributed by atoms with E-state index in [1.54, 1.807) is 12.1 Å². The predicted molar refractivity (Wildman–Crippen MR) is 85.0 cm³/mol. The van der Waals surface area contributed by atoms with Crippen LogP contribution in [0.25, 0.3) is 0 Å². The third kappa shape index (κ3) is 4.95. The van der Waals surface area contributed by atoms with Crippen LogP contribution in [0, 0.1) is 11.7 Å². The number of carbonyl (C=O) groups excluding carboxylic acids is 1. The fraction of sp³-hybridized carbons (Fsp3) is 0.294. The fourth-order valence-corrected chi connectivity index (χ4v) is 1.84. The van der Waals surface area contributed by atoms with Gasteiger partial charge in [0.25, 0.3) is 5.91 Å². The van der Waals surface area contributed by atoms with Gasteiger partial charge in [-0.05, 0) is 23.6 Å². The third-order valence-electron chi connectivity index (χ3n) is 3.10. The number of hydrogen-bond donors (Lipinski definition) is 2. The predicted octanol–water partition coefficient (Wildman–Crippen LogP) is 2.48. The zero-order chi connectivity index (χ0) is 16.8. The van der Waals surface area contributed by atoms with E-state index in [1.807, 2.05) is 13.8 Å². The van der Waals surface area contributed by atoms with Crippen molar-refractivity contribution in [2.24, 2.45) is 5.92 Å². The van der Waals surface area contributed by atoms with Crippen LogP contribution < -0.4 is 15.5 Å². The molecule has 2 rings (SSSR count). The summed E-state index contributed by atoms with van der Waals surface area (Å²) in [7, 11) is 0. The maximum absolute atomic E-state index is 12.8. The number of pyridine rings is 1. The molecule has 1 aromatic carbocycles. The molecule has 0 aliphatic rings. The van der Waals surface area contributed by atoms with Crippen LogP contribution in [0.2, 0.25) is 0 Å². The Balaban J connectivity index is 2.00. The van der Waals surface area contributed by atoms with Crippen molar-refractivity contribution in [3.8, 4) is 5.75 Å². The largest absolute Gasteiger partial charge is 0.483 e. The van der Waals surface area contributed by atoms with Crippen LogP contribution in [-0.4, -0.2) is 17.4 Å². The van der Waals surface area contributed by atoms with Crippen LogP contribution >= 0.6 is 0 Å². The van der Waals surface area contributed by atoms with E-state index < -0.39 is 0 Å². The average Bonchev–Trinajstić information content (AvgIpc) is 2.53. The molecule has 0 radical (unpaired) electrons. The van der Waals surface area contributed by atoms with E-state index in [0.717, 1.165) is 5.56 Å². The maximum atomic E-state index is 12.8. The summed E-state index contributed by atoms with van der Waals surface area (Å²) >= 11 is 0. The smallest absolute Gasteiger partial charge is 0.267 e. The topological polar surface area (TPSA) is 71.2 Å². The number of aromatic nitrogens is 1. The minimum absolute atomic E-state index is 0.106. The maximum Gasteiger partial charge on any atom is 0.267 e. The highest BCUT2D eigenvalue weighted by Gasteiger charge is 2.10. The minimum atomic E-state index is -0.388. The summed E-state index contributed by atoms with van der Waals surface area (Å²) in [5.41, 5.74) is 0.537. The minimum Gasteiger partial charge on any atom is -0.483 e. The highest BCUT2D eigenvalue weighted by molar-refractivity contribution is 5.92. The molecule has 0 aliphatic heterocycles. The molecule has 0 bridgehead atoms. The number of halogens is 1. The molecule has 122 valence electrons. The van der Waals surface area contributed by atoms with Gasteiger partial charge in [-0.25, -0.2) is 4.39 Å². The molecule has 0 saturated heterocycles. The molecule has 23 heavy (non-hydrogen) atoms. The standard InChI is InChI=1S/C17H19FN2O3/c1-11(2)8-20-17(22)14-7-15(21)16(9-19-14)23-10-12-3-5-13(18)6-4-12/h3-7,9,11H,8,10H2,1-2H3,(H,19,21)(H,20,22). The van der Waals surface area contributed by atoms with Gasteiger partial charge in [0.1, 0.15) is 18.1 Å². The first-order chi connectivity index (χ1) is 11.0. The number of rotatable bonds is 6. The van der Waals surface area contributed by atoms with Gasteiger partial charge in [-0.1, -0.05) is 26.0 Å². The van der Waals surface area contributed by atoms with Crippen LogP contribution in [-0.2, 0) is 6.61 Å². The zero-order valence-electron chi connectivity index (χ0n) is 13.1. The number of ether oxygens (including phenoxy) is 1. The average molecular weight is 318 g/mol. The number of H-pyrrole nitrogens is 1. The molecular formula is C17H19FN2O3. The SMILES string of the molecule is CC(C)CNC(=O)c1cc(=O)c(OCc2ccc(F)cc2)c[nH]1. The van der Waals surface area contributed by atoms with Crippen molar-refractivity contribution in [1.29, 1.82) is 0 Å². The van der Waals surface area contributed by atoms with Gasteiger partial charge in [0.15, 0.2) is 5.75 Å². The Labute approximate surface area is 133 Å². The molecular weight excluding hydrogens is 299 g/mol. The Morgan fingerprint density at radius 3 is 2.61 bits per heavy atom. The monoisotopic (exact) mass is 318 g/mol. The molecule has 0 fully saturated rings. The summed E-state index contributed by atoms with van der Waals surface area (Å²) in [4.78, 5) is 26.6. The molecule has 2 aromatic rings. The Hall–Kier alpha value is -2.63. The lowest BCUT2D eigenvalue weighted by molar-refractivity contribution is 0.0944. The Morgan fingerprint density at radius 2 is 2.00 bits per heavy atom. The molecule has 5 nitrogen and oxygen atoms in total. The number of nitrogens with one attached hydrogen (secondary N) is 2. The first-order valence-electron chi connectivity index (χ1n) is 7.34. The lowest BCUT2D eigenvalue weighted by Crippen LogP contribution is -2.29.